The number of phenolic OH excluding ortho intramolecular Hbond substituents is 1. The fourth-order valence-corrected chi connectivity index (χ4v) is 2.06. The summed E-state index contributed by atoms with van der Waals surface area (Å²) in [6.07, 6.45) is 13.9. The summed E-state index contributed by atoms with van der Waals surface area (Å²) in [5.74, 6) is 0.322. The van der Waals surface area contributed by atoms with Gasteiger partial charge in [-0.05, 0) is 25.1 Å². The lowest BCUT2D eigenvalue weighted by molar-refractivity contribution is 0.475. The number of benzene rings is 1. The lowest BCUT2D eigenvalue weighted by Crippen LogP contribution is -1.97. The predicted molar refractivity (Wildman–Crippen MR) is 89.0 cm³/mol. The molecule has 0 saturated heterocycles. The number of phenols is 1. The fourth-order valence-electron chi connectivity index (χ4n) is 2.06. The first-order chi connectivity index (χ1) is 9.81. The average Bonchev–Trinajstić information content (AvgIpc) is 2.47. The smallest absolute Gasteiger partial charge is 0.115 e. The van der Waals surface area contributed by atoms with E-state index in [1.165, 1.54) is 64.2 Å². The lowest BCUT2D eigenvalue weighted by Gasteiger charge is -2.00. The molecule has 2 nitrogen and oxygen atoms in total. The van der Waals surface area contributed by atoms with Crippen LogP contribution < -0.4 is 5.73 Å². The van der Waals surface area contributed by atoms with Gasteiger partial charge in [-0.2, -0.15) is 0 Å². The van der Waals surface area contributed by atoms with Crippen LogP contribution in [0.25, 0.3) is 0 Å². The Labute approximate surface area is 125 Å². The second-order valence-corrected chi connectivity index (χ2v) is 5.31. The summed E-state index contributed by atoms with van der Waals surface area (Å²) in [6.45, 7) is 3.14. The molecule has 0 aliphatic heterocycles. The second-order valence-electron chi connectivity index (χ2n) is 5.31. The average molecular weight is 279 g/mol. The Morgan fingerprint density at radius 2 is 1.20 bits per heavy atom. The van der Waals surface area contributed by atoms with E-state index in [-0.39, 0.29) is 0 Å². The Hall–Kier alpha value is -1.02. The standard InChI is InChI=1S/C12H27N.C6H6O/c1-2-3-4-5-6-7-8-9-10-11-12-13;7-6-4-2-1-3-5-6/h2-13H2,1H3;1-5,7H. The largest absolute Gasteiger partial charge is 0.508 e. The van der Waals surface area contributed by atoms with E-state index in [4.69, 9.17) is 10.8 Å². The van der Waals surface area contributed by atoms with Gasteiger partial charge in [-0.25, -0.2) is 0 Å². The Kier molecular flexibility index (Phi) is 15.2. The summed E-state index contributed by atoms with van der Waals surface area (Å²) < 4.78 is 0. The molecule has 0 radical (unpaired) electrons. The minimum Gasteiger partial charge on any atom is -0.508 e. The van der Waals surface area contributed by atoms with Crippen LogP contribution in [0.2, 0.25) is 0 Å². The quantitative estimate of drug-likeness (QED) is 0.574. The summed E-state index contributed by atoms with van der Waals surface area (Å²) in [7, 11) is 0. The maximum absolute atomic E-state index is 8.63. The van der Waals surface area contributed by atoms with Gasteiger partial charge in [0.15, 0.2) is 0 Å². The van der Waals surface area contributed by atoms with Crippen molar-refractivity contribution in [2.45, 2.75) is 71.1 Å². The van der Waals surface area contributed by atoms with Crippen LogP contribution in [0.4, 0.5) is 0 Å². The van der Waals surface area contributed by atoms with Crippen molar-refractivity contribution < 1.29 is 5.11 Å². The van der Waals surface area contributed by atoms with Crippen LogP contribution in [0.1, 0.15) is 71.1 Å². The normalized spacial score (nSPS) is 9.90. The zero-order valence-electron chi connectivity index (χ0n) is 13.2. The van der Waals surface area contributed by atoms with E-state index in [2.05, 4.69) is 6.92 Å². The number of aromatic hydroxyl groups is 1. The number of rotatable bonds is 10. The highest BCUT2D eigenvalue weighted by Crippen LogP contribution is 2.09. The first-order valence-corrected chi connectivity index (χ1v) is 8.25. The van der Waals surface area contributed by atoms with Gasteiger partial charge in [0, 0.05) is 0 Å². The van der Waals surface area contributed by atoms with Gasteiger partial charge in [0.25, 0.3) is 0 Å². The third-order valence-corrected chi connectivity index (χ3v) is 3.31. The van der Waals surface area contributed by atoms with E-state index in [0.717, 1.165) is 6.54 Å². The first kappa shape index (κ1) is 19.0. The molecular weight excluding hydrogens is 246 g/mol. The van der Waals surface area contributed by atoms with Crippen molar-refractivity contribution in [3.63, 3.8) is 0 Å². The molecule has 2 heteroatoms. The molecule has 1 rings (SSSR count). The van der Waals surface area contributed by atoms with E-state index in [0.29, 0.717) is 5.75 Å². The summed E-state index contributed by atoms with van der Waals surface area (Å²) in [5.41, 5.74) is 5.42. The minimum absolute atomic E-state index is 0.322. The van der Waals surface area contributed by atoms with Gasteiger partial charge in [-0.1, -0.05) is 82.9 Å². The number of nitrogens with two attached hydrogens (primary N) is 1. The van der Waals surface area contributed by atoms with E-state index >= 15 is 0 Å². The predicted octanol–water partition coefficient (Wildman–Crippen LogP) is 5.26. The Morgan fingerprint density at radius 3 is 1.55 bits per heavy atom. The van der Waals surface area contributed by atoms with Crippen molar-refractivity contribution in [1.29, 1.82) is 0 Å². The third kappa shape index (κ3) is 15.0. The highest BCUT2D eigenvalue weighted by molar-refractivity contribution is 5.18. The number of hydrogen-bond donors (Lipinski definition) is 2. The van der Waals surface area contributed by atoms with Gasteiger partial charge in [0.2, 0.25) is 0 Å². The number of para-hydroxylation sites is 1. The number of hydrogen-bond acceptors (Lipinski definition) is 2. The molecule has 116 valence electrons. The van der Waals surface area contributed by atoms with Gasteiger partial charge in [0.05, 0.1) is 0 Å². The molecule has 0 aromatic heterocycles. The molecule has 0 bridgehead atoms. The van der Waals surface area contributed by atoms with Crippen molar-refractivity contribution >= 4 is 0 Å². The molecule has 0 atom stereocenters. The zero-order valence-corrected chi connectivity index (χ0v) is 13.2. The minimum atomic E-state index is 0.322. The highest BCUT2D eigenvalue weighted by atomic mass is 16.3. The first-order valence-electron chi connectivity index (χ1n) is 8.25. The van der Waals surface area contributed by atoms with E-state index < -0.39 is 0 Å². The van der Waals surface area contributed by atoms with Crippen LogP contribution in [-0.4, -0.2) is 11.7 Å². The van der Waals surface area contributed by atoms with Crippen molar-refractivity contribution in [3.8, 4) is 5.75 Å². The van der Waals surface area contributed by atoms with Gasteiger partial charge >= 0.3 is 0 Å². The summed E-state index contributed by atoms with van der Waals surface area (Å²) in [6, 6.07) is 8.71. The van der Waals surface area contributed by atoms with Crippen molar-refractivity contribution in [3.05, 3.63) is 30.3 Å². The summed E-state index contributed by atoms with van der Waals surface area (Å²) in [4.78, 5) is 0. The highest BCUT2D eigenvalue weighted by Gasteiger charge is 1.91. The Balaban J connectivity index is 0.000000428. The van der Waals surface area contributed by atoms with Crippen LogP contribution in [0, 0.1) is 0 Å². The Morgan fingerprint density at radius 1 is 0.750 bits per heavy atom. The molecule has 0 fully saturated rings. The van der Waals surface area contributed by atoms with Crippen LogP contribution in [0.5, 0.6) is 5.75 Å². The SMILES string of the molecule is CCCCCCCCCCCCN.Oc1ccccc1. The van der Waals surface area contributed by atoms with Gasteiger partial charge in [-0.3, -0.25) is 0 Å². The van der Waals surface area contributed by atoms with Crippen molar-refractivity contribution in [1.82, 2.24) is 0 Å². The summed E-state index contributed by atoms with van der Waals surface area (Å²) >= 11 is 0. The molecule has 0 amide bonds. The lowest BCUT2D eigenvalue weighted by atomic mass is 10.1. The molecule has 0 aliphatic rings. The van der Waals surface area contributed by atoms with E-state index in [9.17, 15) is 0 Å². The molecule has 20 heavy (non-hydrogen) atoms. The van der Waals surface area contributed by atoms with Crippen LogP contribution in [-0.2, 0) is 0 Å². The van der Waals surface area contributed by atoms with Crippen LogP contribution >= 0.6 is 0 Å². The molecule has 0 spiro atoms. The Bertz CT molecular complexity index is 264. The number of unbranched alkanes of at least 4 members (excludes halogenated alkanes) is 9. The van der Waals surface area contributed by atoms with Crippen molar-refractivity contribution in [2.24, 2.45) is 5.73 Å². The van der Waals surface area contributed by atoms with Gasteiger partial charge in [-0.15, -0.1) is 0 Å². The van der Waals surface area contributed by atoms with E-state index in [1.54, 1.807) is 24.3 Å². The fraction of sp³-hybridized carbons (Fsp3) is 0.667. The molecule has 0 unspecified atom stereocenters. The summed E-state index contributed by atoms with van der Waals surface area (Å²) in [5, 5.41) is 8.63. The van der Waals surface area contributed by atoms with Crippen molar-refractivity contribution in [2.75, 3.05) is 6.54 Å². The molecule has 1 aromatic rings. The third-order valence-electron chi connectivity index (χ3n) is 3.31. The zero-order chi connectivity index (χ0) is 14.9. The topological polar surface area (TPSA) is 46.2 Å². The van der Waals surface area contributed by atoms with Crippen LogP contribution in [0.15, 0.2) is 30.3 Å². The monoisotopic (exact) mass is 279 g/mol. The maximum atomic E-state index is 8.63. The molecule has 0 heterocycles. The van der Waals surface area contributed by atoms with Gasteiger partial charge in [0.1, 0.15) is 5.75 Å². The van der Waals surface area contributed by atoms with Crippen LogP contribution in [0.3, 0.4) is 0 Å². The van der Waals surface area contributed by atoms with E-state index in [1.807, 2.05) is 6.07 Å². The molecule has 3 N–H and O–H groups in total. The molecular formula is C18H33NO. The maximum Gasteiger partial charge on any atom is 0.115 e. The van der Waals surface area contributed by atoms with Gasteiger partial charge < -0.3 is 10.8 Å². The molecule has 0 aliphatic carbocycles. The molecule has 1 aromatic carbocycles. The second kappa shape index (κ2) is 16.0. The molecule has 0 saturated carbocycles.